The summed E-state index contributed by atoms with van der Waals surface area (Å²) in [4.78, 5) is 23.4. The molecule has 0 N–H and O–H groups in total. The van der Waals surface area contributed by atoms with Gasteiger partial charge in [-0.3, -0.25) is 9.59 Å². The standard InChI is InChI=1S/C25H48O8/c1-4-7-9-10-12-24(26)32-21-19-30-17-15-28-13-14-29-16-18-31-20-22-33-25(27)23(6-3)11-8-5-2/h23H,4-22H2,1-3H3. The third kappa shape index (κ3) is 22.3. The number of esters is 2. The van der Waals surface area contributed by atoms with E-state index in [4.69, 9.17) is 28.4 Å². The summed E-state index contributed by atoms with van der Waals surface area (Å²) in [5.74, 6) is -0.271. The average Bonchev–Trinajstić information content (AvgIpc) is 2.82. The molecule has 0 rings (SSSR count). The Labute approximate surface area is 201 Å². The van der Waals surface area contributed by atoms with E-state index in [1.807, 2.05) is 6.92 Å². The number of ether oxygens (including phenoxy) is 6. The Morgan fingerprint density at radius 2 is 1.06 bits per heavy atom. The van der Waals surface area contributed by atoms with E-state index in [2.05, 4.69) is 13.8 Å². The van der Waals surface area contributed by atoms with E-state index >= 15 is 0 Å². The summed E-state index contributed by atoms with van der Waals surface area (Å²) in [7, 11) is 0. The summed E-state index contributed by atoms with van der Waals surface area (Å²) in [6.45, 7) is 10.4. The maximum absolute atomic E-state index is 11.9. The van der Waals surface area contributed by atoms with Crippen molar-refractivity contribution in [3.63, 3.8) is 0 Å². The zero-order valence-electron chi connectivity index (χ0n) is 21.3. The molecule has 8 heteroatoms. The zero-order chi connectivity index (χ0) is 24.4. The van der Waals surface area contributed by atoms with Gasteiger partial charge in [-0.15, -0.1) is 0 Å². The van der Waals surface area contributed by atoms with E-state index in [9.17, 15) is 9.59 Å². The van der Waals surface area contributed by atoms with Crippen molar-refractivity contribution in [2.45, 2.75) is 78.6 Å². The predicted octanol–water partition coefficient (Wildman–Crippen LogP) is 4.33. The Morgan fingerprint density at radius 3 is 1.55 bits per heavy atom. The summed E-state index contributed by atoms with van der Waals surface area (Å²) in [5, 5.41) is 0. The average molecular weight is 477 g/mol. The molecule has 0 aliphatic carbocycles. The Hall–Kier alpha value is -1.22. The Kier molecular flexibility index (Phi) is 24.5. The van der Waals surface area contributed by atoms with E-state index in [-0.39, 0.29) is 31.1 Å². The van der Waals surface area contributed by atoms with Gasteiger partial charge in [-0.05, 0) is 19.3 Å². The van der Waals surface area contributed by atoms with Crippen LogP contribution in [0.2, 0.25) is 0 Å². The molecule has 0 saturated carbocycles. The fourth-order valence-corrected chi connectivity index (χ4v) is 3.00. The molecule has 0 saturated heterocycles. The van der Waals surface area contributed by atoms with Crippen LogP contribution in [0.1, 0.15) is 78.6 Å². The fourth-order valence-electron chi connectivity index (χ4n) is 3.00. The number of carbonyl (C=O) groups is 2. The van der Waals surface area contributed by atoms with Crippen LogP contribution in [0, 0.1) is 5.92 Å². The molecule has 0 spiro atoms. The van der Waals surface area contributed by atoms with Crippen LogP contribution < -0.4 is 0 Å². The monoisotopic (exact) mass is 476 g/mol. The zero-order valence-corrected chi connectivity index (χ0v) is 21.3. The van der Waals surface area contributed by atoms with Gasteiger partial charge in [-0.2, -0.15) is 0 Å². The van der Waals surface area contributed by atoms with E-state index in [1.54, 1.807) is 0 Å². The number of rotatable bonds is 25. The molecule has 0 heterocycles. The van der Waals surface area contributed by atoms with Gasteiger partial charge in [-0.1, -0.05) is 52.9 Å². The van der Waals surface area contributed by atoms with Crippen molar-refractivity contribution in [3.8, 4) is 0 Å². The Morgan fingerprint density at radius 1 is 0.576 bits per heavy atom. The van der Waals surface area contributed by atoms with Crippen LogP contribution in [-0.2, 0) is 38.0 Å². The molecule has 33 heavy (non-hydrogen) atoms. The first-order valence-corrected chi connectivity index (χ1v) is 12.8. The lowest BCUT2D eigenvalue weighted by Crippen LogP contribution is -2.20. The first-order valence-electron chi connectivity index (χ1n) is 12.8. The maximum Gasteiger partial charge on any atom is 0.308 e. The molecule has 0 aromatic carbocycles. The second kappa shape index (κ2) is 25.4. The van der Waals surface area contributed by atoms with Gasteiger partial charge in [0.2, 0.25) is 0 Å². The highest BCUT2D eigenvalue weighted by molar-refractivity contribution is 5.72. The molecule has 0 radical (unpaired) electrons. The van der Waals surface area contributed by atoms with Gasteiger partial charge in [-0.25, -0.2) is 0 Å². The minimum absolute atomic E-state index is 0.00123. The number of carbonyl (C=O) groups excluding carboxylic acids is 2. The quantitative estimate of drug-likeness (QED) is 0.142. The molecule has 0 fully saturated rings. The van der Waals surface area contributed by atoms with Crippen LogP contribution in [0.15, 0.2) is 0 Å². The molecule has 0 aromatic rings. The van der Waals surface area contributed by atoms with Crippen LogP contribution in [0.3, 0.4) is 0 Å². The lowest BCUT2D eigenvalue weighted by molar-refractivity contribution is -0.150. The molecule has 1 atom stereocenters. The number of hydrogen-bond donors (Lipinski definition) is 0. The second-order valence-corrected chi connectivity index (χ2v) is 7.90. The molecule has 196 valence electrons. The van der Waals surface area contributed by atoms with E-state index in [0.29, 0.717) is 59.3 Å². The summed E-state index contributed by atoms with van der Waals surface area (Å²) >= 11 is 0. The molecular formula is C25H48O8. The van der Waals surface area contributed by atoms with Gasteiger partial charge in [0.1, 0.15) is 13.2 Å². The smallest absolute Gasteiger partial charge is 0.308 e. The van der Waals surface area contributed by atoms with Crippen LogP contribution in [0.5, 0.6) is 0 Å². The summed E-state index contributed by atoms with van der Waals surface area (Å²) in [6, 6.07) is 0. The van der Waals surface area contributed by atoms with Crippen molar-refractivity contribution in [1.29, 1.82) is 0 Å². The van der Waals surface area contributed by atoms with Crippen molar-refractivity contribution in [2.75, 3.05) is 66.1 Å². The van der Waals surface area contributed by atoms with Crippen molar-refractivity contribution < 1.29 is 38.0 Å². The highest BCUT2D eigenvalue weighted by Crippen LogP contribution is 2.14. The largest absolute Gasteiger partial charge is 0.463 e. The van der Waals surface area contributed by atoms with Gasteiger partial charge >= 0.3 is 11.9 Å². The Bertz CT molecular complexity index is 444. The van der Waals surface area contributed by atoms with Gasteiger partial charge in [0, 0.05) is 6.42 Å². The topological polar surface area (TPSA) is 89.5 Å². The Balaban J connectivity index is 3.28. The molecule has 0 aliphatic heterocycles. The molecule has 0 aromatic heterocycles. The molecular weight excluding hydrogens is 428 g/mol. The first kappa shape index (κ1) is 31.8. The van der Waals surface area contributed by atoms with Gasteiger partial charge in [0.15, 0.2) is 0 Å². The van der Waals surface area contributed by atoms with Gasteiger partial charge < -0.3 is 28.4 Å². The predicted molar refractivity (Wildman–Crippen MR) is 127 cm³/mol. The highest BCUT2D eigenvalue weighted by atomic mass is 16.6. The van der Waals surface area contributed by atoms with E-state index < -0.39 is 0 Å². The molecule has 0 bridgehead atoms. The third-order valence-electron chi connectivity index (χ3n) is 5.05. The van der Waals surface area contributed by atoms with Crippen molar-refractivity contribution in [1.82, 2.24) is 0 Å². The van der Waals surface area contributed by atoms with Crippen molar-refractivity contribution in [3.05, 3.63) is 0 Å². The second-order valence-electron chi connectivity index (χ2n) is 7.90. The van der Waals surface area contributed by atoms with Crippen molar-refractivity contribution in [2.24, 2.45) is 5.92 Å². The van der Waals surface area contributed by atoms with E-state index in [0.717, 1.165) is 51.4 Å². The van der Waals surface area contributed by atoms with Crippen LogP contribution in [-0.4, -0.2) is 78.0 Å². The molecule has 0 aliphatic rings. The number of hydrogen-bond acceptors (Lipinski definition) is 8. The van der Waals surface area contributed by atoms with E-state index in [1.165, 1.54) is 0 Å². The lowest BCUT2D eigenvalue weighted by atomic mass is 10.00. The molecule has 8 nitrogen and oxygen atoms in total. The van der Waals surface area contributed by atoms with Gasteiger partial charge in [0.25, 0.3) is 0 Å². The maximum atomic E-state index is 11.9. The molecule has 0 amide bonds. The van der Waals surface area contributed by atoms with Crippen LogP contribution in [0.4, 0.5) is 0 Å². The SMILES string of the molecule is CCCCCCC(=O)OCCOCCOCCOCCOCCOC(=O)C(CC)CCCC. The minimum Gasteiger partial charge on any atom is -0.463 e. The van der Waals surface area contributed by atoms with Crippen LogP contribution in [0.25, 0.3) is 0 Å². The van der Waals surface area contributed by atoms with Crippen LogP contribution >= 0.6 is 0 Å². The third-order valence-corrected chi connectivity index (χ3v) is 5.05. The first-order chi connectivity index (χ1) is 16.2. The number of unbranched alkanes of at least 4 members (excludes halogenated alkanes) is 4. The summed E-state index contributed by atoms with van der Waals surface area (Å²) in [5.41, 5.74) is 0. The normalized spacial score (nSPS) is 12.0. The highest BCUT2D eigenvalue weighted by Gasteiger charge is 2.16. The summed E-state index contributed by atoms with van der Waals surface area (Å²) in [6.07, 6.45) is 8.62. The summed E-state index contributed by atoms with van der Waals surface area (Å²) < 4.78 is 32.0. The van der Waals surface area contributed by atoms with Crippen molar-refractivity contribution >= 4 is 11.9 Å². The van der Waals surface area contributed by atoms with Gasteiger partial charge in [0.05, 0.1) is 58.8 Å². The fraction of sp³-hybridized carbons (Fsp3) is 0.920. The minimum atomic E-state index is -0.152. The lowest BCUT2D eigenvalue weighted by Gasteiger charge is -2.13. The molecule has 1 unspecified atom stereocenters.